The first-order chi connectivity index (χ1) is 7.80. The van der Waals surface area contributed by atoms with Crippen LogP contribution in [0, 0.1) is 0 Å². The normalized spacial score (nSPS) is 16.6. The van der Waals surface area contributed by atoms with Crippen molar-refractivity contribution >= 4 is 11.9 Å². The monoisotopic (exact) mass is 251 g/mol. The van der Waals surface area contributed by atoms with Gasteiger partial charge in [0.1, 0.15) is 0 Å². The number of amides is 1. The minimum atomic E-state index is -4.34. The van der Waals surface area contributed by atoms with E-state index in [0.717, 1.165) is 6.08 Å². The molecule has 0 aromatic rings. The van der Waals surface area contributed by atoms with Crippen LogP contribution in [0.15, 0.2) is 11.6 Å². The summed E-state index contributed by atoms with van der Waals surface area (Å²) in [5, 5.41) is 8.38. The fraction of sp³-hybridized carbons (Fsp3) is 0.600. The van der Waals surface area contributed by atoms with Crippen molar-refractivity contribution in [3.63, 3.8) is 0 Å². The average molecular weight is 251 g/mol. The maximum absolute atomic E-state index is 12.3. The number of hydrogen-bond acceptors (Lipinski definition) is 2. The second-order valence-corrected chi connectivity index (χ2v) is 3.71. The maximum Gasteiger partial charge on any atom is 0.412 e. The number of nitrogens with zero attached hydrogens (tertiary/aromatic N) is 1. The van der Waals surface area contributed by atoms with Gasteiger partial charge in [0.15, 0.2) is 0 Å². The van der Waals surface area contributed by atoms with Gasteiger partial charge in [0, 0.05) is 25.1 Å². The van der Waals surface area contributed by atoms with Crippen LogP contribution in [0.5, 0.6) is 0 Å². The zero-order chi connectivity index (χ0) is 13.1. The van der Waals surface area contributed by atoms with Crippen molar-refractivity contribution in [2.45, 2.75) is 25.4 Å². The molecule has 0 atom stereocenters. The first-order valence-electron chi connectivity index (χ1n) is 5.06. The molecule has 0 radical (unpaired) electrons. The van der Waals surface area contributed by atoms with Gasteiger partial charge in [-0.15, -0.1) is 0 Å². The van der Waals surface area contributed by atoms with E-state index in [1.165, 1.54) is 4.90 Å². The molecule has 0 aliphatic carbocycles. The molecular weight excluding hydrogens is 239 g/mol. The molecule has 96 valence electrons. The third-order valence-corrected chi connectivity index (χ3v) is 2.48. The van der Waals surface area contributed by atoms with Crippen molar-refractivity contribution in [2.24, 2.45) is 0 Å². The number of carboxylic acids is 1. The summed E-state index contributed by atoms with van der Waals surface area (Å²) in [5.41, 5.74) is -0.625. The second kappa shape index (κ2) is 5.20. The summed E-state index contributed by atoms with van der Waals surface area (Å²) in [4.78, 5) is 22.9. The first-order valence-corrected chi connectivity index (χ1v) is 5.06. The third kappa shape index (κ3) is 4.08. The second-order valence-electron chi connectivity index (χ2n) is 3.71. The Balaban J connectivity index is 2.49. The number of hydrogen-bond donors (Lipinski definition) is 1. The Morgan fingerprint density at radius 3 is 2.41 bits per heavy atom. The molecule has 1 aliphatic rings. The summed E-state index contributed by atoms with van der Waals surface area (Å²) in [6, 6.07) is 0. The molecular formula is C10H12F3NO3. The molecule has 0 aromatic carbocycles. The molecule has 1 rings (SSSR count). The number of carbonyl (C=O) groups is 2. The summed E-state index contributed by atoms with van der Waals surface area (Å²) in [5.74, 6) is -1.52. The molecule has 1 aliphatic heterocycles. The minimum absolute atomic E-state index is 0.0101. The molecule has 0 unspecified atom stereocenters. The molecule has 1 N–H and O–H groups in total. The van der Waals surface area contributed by atoms with Crippen LogP contribution in [0.1, 0.15) is 19.3 Å². The molecule has 0 spiro atoms. The first kappa shape index (κ1) is 13.5. The van der Waals surface area contributed by atoms with Gasteiger partial charge in [-0.1, -0.05) is 6.08 Å². The number of aliphatic carboxylic acids is 1. The van der Waals surface area contributed by atoms with Crippen LogP contribution >= 0.6 is 0 Å². The summed E-state index contributed by atoms with van der Waals surface area (Å²) in [7, 11) is 0. The zero-order valence-electron chi connectivity index (χ0n) is 8.96. The number of carbonyl (C=O) groups excluding carboxylic acids is 1. The largest absolute Gasteiger partial charge is 0.481 e. The molecule has 0 saturated heterocycles. The highest BCUT2D eigenvalue weighted by Crippen LogP contribution is 2.30. The lowest BCUT2D eigenvalue weighted by Gasteiger charge is -2.27. The van der Waals surface area contributed by atoms with E-state index >= 15 is 0 Å². The molecule has 0 fully saturated rings. The summed E-state index contributed by atoms with van der Waals surface area (Å²) in [6.45, 7) is -0.114. The SMILES string of the molecule is O=C(O)CCC(=O)N1CC=C(C(F)(F)F)CC1. The van der Waals surface area contributed by atoms with Crippen LogP contribution in [0.2, 0.25) is 0 Å². The number of rotatable bonds is 3. The predicted molar refractivity (Wildman–Crippen MR) is 52.2 cm³/mol. The van der Waals surface area contributed by atoms with Gasteiger partial charge in [-0.2, -0.15) is 13.2 Å². The Kier molecular flexibility index (Phi) is 4.14. The highest BCUT2D eigenvalue weighted by molar-refractivity contribution is 5.81. The van der Waals surface area contributed by atoms with Gasteiger partial charge in [0.05, 0.1) is 6.42 Å². The van der Waals surface area contributed by atoms with Crippen LogP contribution in [0.4, 0.5) is 13.2 Å². The molecule has 7 heteroatoms. The zero-order valence-corrected chi connectivity index (χ0v) is 8.96. The quantitative estimate of drug-likeness (QED) is 0.774. The van der Waals surface area contributed by atoms with Crippen molar-refractivity contribution in [3.05, 3.63) is 11.6 Å². The Morgan fingerprint density at radius 1 is 1.35 bits per heavy atom. The molecule has 17 heavy (non-hydrogen) atoms. The fourth-order valence-electron chi connectivity index (χ4n) is 1.53. The van der Waals surface area contributed by atoms with Crippen molar-refractivity contribution in [2.75, 3.05) is 13.1 Å². The van der Waals surface area contributed by atoms with E-state index in [-0.39, 0.29) is 32.4 Å². The maximum atomic E-state index is 12.3. The minimum Gasteiger partial charge on any atom is -0.481 e. The topological polar surface area (TPSA) is 57.6 Å². The fourth-order valence-corrected chi connectivity index (χ4v) is 1.53. The van der Waals surface area contributed by atoms with E-state index in [0.29, 0.717) is 0 Å². The summed E-state index contributed by atoms with van der Waals surface area (Å²) < 4.78 is 36.8. The lowest BCUT2D eigenvalue weighted by Crippen LogP contribution is -2.36. The van der Waals surface area contributed by atoms with Crippen molar-refractivity contribution < 1.29 is 27.9 Å². The molecule has 1 amide bonds. The molecule has 0 bridgehead atoms. The number of halogens is 3. The Labute approximate surface area is 95.7 Å². The van der Waals surface area contributed by atoms with Crippen molar-refractivity contribution in [3.8, 4) is 0 Å². The van der Waals surface area contributed by atoms with Crippen LogP contribution in [-0.2, 0) is 9.59 Å². The smallest absolute Gasteiger partial charge is 0.412 e. The van der Waals surface area contributed by atoms with E-state index in [9.17, 15) is 22.8 Å². The van der Waals surface area contributed by atoms with Gasteiger partial charge < -0.3 is 10.0 Å². The third-order valence-electron chi connectivity index (χ3n) is 2.48. The number of carboxylic acid groups (broad SMARTS) is 1. The molecule has 1 heterocycles. The number of alkyl halides is 3. The van der Waals surface area contributed by atoms with Gasteiger partial charge in [-0.05, 0) is 6.42 Å². The Hall–Kier alpha value is -1.53. The lowest BCUT2D eigenvalue weighted by atomic mass is 10.1. The molecule has 0 saturated carbocycles. The van der Waals surface area contributed by atoms with Gasteiger partial charge in [0.25, 0.3) is 0 Å². The Bertz CT molecular complexity index is 349. The van der Waals surface area contributed by atoms with Gasteiger partial charge in [0.2, 0.25) is 5.91 Å². The predicted octanol–water partition coefficient (Wildman–Crippen LogP) is 1.57. The van der Waals surface area contributed by atoms with E-state index in [1.807, 2.05) is 0 Å². The van der Waals surface area contributed by atoms with E-state index in [4.69, 9.17) is 5.11 Å². The van der Waals surface area contributed by atoms with Crippen LogP contribution < -0.4 is 0 Å². The van der Waals surface area contributed by atoms with Crippen LogP contribution in [0.25, 0.3) is 0 Å². The van der Waals surface area contributed by atoms with E-state index in [1.54, 1.807) is 0 Å². The van der Waals surface area contributed by atoms with Crippen LogP contribution in [-0.4, -0.2) is 41.1 Å². The van der Waals surface area contributed by atoms with Gasteiger partial charge in [-0.25, -0.2) is 0 Å². The van der Waals surface area contributed by atoms with E-state index < -0.39 is 23.6 Å². The van der Waals surface area contributed by atoms with Crippen molar-refractivity contribution in [1.29, 1.82) is 0 Å². The molecule has 4 nitrogen and oxygen atoms in total. The molecule has 0 aromatic heterocycles. The van der Waals surface area contributed by atoms with Gasteiger partial charge >= 0.3 is 12.1 Å². The lowest BCUT2D eigenvalue weighted by molar-refractivity contribution is -0.141. The summed E-state index contributed by atoms with van der Waals surface area (Å²) in [6.07, 6.45) is -4.07. The Morgan fingerprint density at radius 2 is 2.00 bits per heavy atom. The van der Waals surface area contributed by atoms with E-state index in [2.05, 4.69) is 0 Å². The van der Waals surface area contributed by atoms with Gasteiger partial charge in [-0.3, -0.25) is 9.59 Å². The highest BCUT2D eigenvalue weighted by atomic mass is 19.4. The summed E-state index contributed by atoms with van der Waals surface area (Å²) >= 11 is 0. The van der Waals surface area contributed by atoms with Crippen LogP contribution in [0.3, 0.4) is 0 Å². The average Bonchev–Trinajstić information content (AvgIpc) is 2.25. The van der Waals surface area contributed by atoms with Crippen molar-refractivity contribution in [1.82, 2.24) is 4.90 Å². The highest BCUT2D eigenvalue weighted by Gasteiger charge is 2.35. The standard InChI is InChI=1S/C10H12F3NO3/c11-10(12,13)7-3-5-14(6-4-7)8(15)1-2-9(16)17/h3H,1-2,4-6H2,(H,16,17).